The zero-order valence-electron chi connectivity index (χ0n) is 7.30. The van der Waals surface area contributed by atoms with Gasteiger partial charge in [0.2, 0.25) is 0 Å². The van der Waals surface area contributed by atoms with Gasteiger partial charge < -0.3 is 11.1 Å². The van der Waals surface area contributed by atoms with Gasteiger partial charge in [-0.3, -0.25) is 4.79 Å². The van der Waals surface area contributed by atoms with E-state index in [0.717, 1.165) is 0 Å². The zero-order valence-corrected chi connectivity index (χ0v) is 7.30. The number of hydrogen-bond donors (Lipinski definition) is 2. The van der Waals surface area contributed by atoms with Crippen molar-refractivity contribution < 1.29 is 9.18 Å². The molecule has 0 fully saturated rings. The molecule has 1 amide bonds. The van der Waals surface area contributed by atoms with Crippen molar-refractivity contribution in [2.24, 2.45) is 0 Å². The van der Waals surface area contributed by atoms with Crippen molar-refractivity contribution in [2.75, 3.05) is 12.3 Å². The number of amides is 1. The quantitative estimate of drug-likeness (QED) is 0.674. The summed E-state index contributed by atoms with van der Waals surface area (Å²) < 4.78 is 13.1. The van der Waals surface area contributed by atoms with E-state index in [4.69, 9.17) is 5.73 Å². The first-order chi connectivity index (χ1) is 6.16. The van der Waals surface area contributed by atoms with E-state index in [-0.39, 0.29) is 11.3 Å². The van der Waals surface area contributed by atoms with Gasteiger partial charge in [-0.15, -0.1) is 0 Å². The SMILES string of the molecule is CCNC(=O)c1c(N)cccc1F. The third kappa shape index (κ3) is 1.96. The first-order valence-corrected chi connectivity index (χ1v) is 3.99. The maximum atomic E-state index is 13.1. The molecule has 1 aromatic carbocycles. The highest BCUT2D eigenvalue weighted by Crippen LogP contribution is 2.14. The van der Waals surface area contributed by atoms with E-state index in [1.165, 1.54) is 18.2 Å². The molecule has 0 saturated heterocycles. The van der Waals surface area contributed by atoms with Crippen LogP contribution < -0.4 is 11.1 Å². The van der Waals surface area contributed by atoms with Crippen molar-refractivity contribution in [2.45, 2.75) is 6.92 Å². The third-order valence-corrected chi connectivity index (χ3v) is 1.61. The zero-order chi connectivity index (χ0) is 9.84. The van der Waals surface area contributed by atoms with Gasteiger partial charge in [-0.05, 0) is 19.1 Å². The molecule has 4 heteroatoms. The minimum atomic E-state index is -0.592. The molecule has 0 unspecified atom stereocenters. The van der Waals surface area contributed by atoms with Crippen molar-refractivity contribution in [1.29, 1.82) is 0 Å². The Morgan fingerprint density at radius 2 is 2.31 bits per heavy atom. The first kappa shape index (κ1) is 9.51. The third-order valence-electron chi connectivity index (χ3n) is 1.61. The summed E-state index contributed by atoms with van der Waals surface area (Å²) in [7, 11) is 0. The number of benzene rings is 1. The molecule has 0 aliphatic carbocycles. The number of nitrogens with two attached hydrogens (primary N) is 1. The standard InChI is InChI=1S/C9H11FN2O/c1-2-12-9(13)8-6(10)4-3-5-7(8)11/h3-5H,2,11H2,1H3,(H,12,13). The van der Waals surface area contributed by atoms with E-state index < -0.39 is 11.7 Å². The van der Waals surface area contributed by atoms with Crippen LogP contribution in [0.15, 0.2) is 18.2 Å². The fourth-order valence-electron chi connectivity index (χ4n) is 1.03. The Morgan fingerprint density at radius 1 is 1.62 bits per heavy atom. The molecular weight excluding hydrogens is 171 g/mol. The lowest BCUT2D eigenvalue weighted by Gasteiger charge is -2.05. The van der Waals surface area contributed by atoms with Crippen LogP contribution in [-0.2, 0) is 0 Å². The Kier molecular flexibility index (Phi) is 2.84. The molecule has 3 nitrogen and oxygen atoms in total. The van der Waals surface area contributed by atoms with Gasteiger partial charge in [-0.25, -0.2) is 4.39 Å². The van der Waals surface area contributed by atoms with Crippen molar-refractivity contribution in [1.82, 2.24) is 5.32 Å². The summed E-state index contributed by atoms with van der Waals surface area (Å²) >= 11 is 0. The largest absolute Gasteiger partial charge is 0.398 e. The second-order valence-electron chi connectivity index (χ2n) is 2.56. The molecule has 70 valence electrons. The molecule has 0 aliphatic heterocycles. The van der Waals surface area contributed by atoms with Crippen LogP contribution in [0.5, 0.6) is 0 Å². The summed E-state index contributed by atoms with van der Waals surface area (Å²) in [6.45, 7) is 2.21. The molecule has 1 aromatic rings. The van der Waals surface area contributed by atoms with E-state index in [2.05, 4.69) is 5.32 Å². The molecule has 0 heterocycles. The maximum Gasteiger partial charge on any atom is 0.256 e. The van der Waals surface area contributed by atoms with Crippen LogP contribution in [0.25, 0.3) is 0 Å². The summed E-state index contributed by atoms with van der Waals surface area (Å²) in [4.78, 5) is 11.3. The Bertz CT molecular complexity index is 305. The number of anilines is 1. The van der Waals surface area contributed by atoms with Crippen LogP contribution in [0.4, 0.5) is 10.1 Å². The average molecular weight is 182 g/mol. The van der Waals surface area contributed by atoms with Crippen LogP contribution >= 0.6 is 0 Å². The molecule has 0 atom stereocenters. The summed E-state index contributed by atoms with van der Waals surface area (Å²) in [5.41, 5.74) is 5.53. The highest BCUT2D eigenvalue weighted by atomic mass is 19.1. The lowest BCUT2D eigenvalue weighted by Crippen LogP contribution is -2.24. The molecular formula is C9H11FN2O. The minimum absolute atomic E-state index is 0.0793. The molecule has 0 saturated carbocycles. The molecule has 0 bridgehead atoms. The van der Waals surface area contributed by atoms with E-state index >= 15 is 0 Å². The van der Waals surface area contributed by atoms with Gasteiger partial charge in [0, 0.05) is 12.2 Å². The Morgan fingerprint density at radius 3 is 2.85 bits per heavy atom. The maximum absolute atomic E-state index is 13.1. The van der Waals surface area contributed by atoms with E-state index in [1.807, 2.05) is 0 Å². The number of nitrogens with one attached hydrogen (secondary N) is 1. The van der Waals surface area contributed by atoms with Crippen molar-refractivity contribution >= 4 is 11.6 Å². The smallest absolute Gasteiger partial charge is 0.256 e. The number of carbonyl (C=O) groups excluding carboxylic acids is 1. The van der Waals surface area contributed by atoms with Gasteiger partial charge in [-0.1, -0.05) is 6.07 Å². The van der Waals surface area contributed by atoms with E-state index in [1.54, 1.807) is 6.92 Å². The Balaban J connectivity index is 3.05. The number of nitrogen functional groups attached to an aromatic ring is 1. The highest BCUT2D eigenvalue weighted by molar-refractivity contribution is 5.99. The van der Waals surface area contributed by atoms with E-state index in [0.29, 0.717) is 6.54 Å². The molecule has 0 aromatic heterocycles. The monoisotopic (exact) mass is 182 g/mol. The Hall–Kier alpha value is -1.58. The van der Waals surface area contributed by atoms with Gasteiger partial charge in [0.05, 0.1) is 5.56 Å². The molecule has 3 N–H and O–H groups in total. The normalized spacial score (nSPS) is 9.69. The van der Waals surface area contributed by atoms with Crippen molar-refractivity contribution in [3.8, 4) is 0 Å². The Labute approximate surface area is 75.7 Å². The molecule has 0 spiro atoms. The minimum Gasteiger partial charge on any atom is -0.398 e. The van der Waals surface area contributed by atoms with Crippen LogP contribution in [0, 0.1) is 5.82 Å². The fourth-order valence-corrected chi connectivity index (χ4v) is 1.03. The fraction of sp³-hybridized carbons (Fsp3) is 0.222. The lowest BCUT2D eigenvalue weighted by atomic mass is 10.1. The summed E-state index contributed by atoms with van der Waals surface area (Å²) in [6, 6.07) is 4.17. The number of carbonyl (C=O) groups is 1. The van der Waals surface area contributed by atoms with Gasteiger partial charge in [0.15, 0.2) is 0 Å². The molecule has 0 radical (unpaired) electrons. The topological polar surface area (TPSA) is 55.1 Å². The van der Waals surface area contributed by atoms with Crippen LogP contribution in [-0.4, -0.2) is 12.5 Å². The summed E-state index contributed by atoms with van der Waals surface area (Å²) in [5, 5.41) is 2.48. The van der Waals surface area contributed by atoms with Crippen molar-refractivity contribution in [3.05, 3.63) is 29.6 Å². The molecule has 0 aliphatic rings. The number of hydrogen-bond acceptors (Lipinski definition) is 2. The van der Waals surface area contributed by atoms with Gasteiger partial charge in [0.25, 0.3) is 5.91 Å². The van der Waals surface area contributed by atoms with Gasteiger partial charge in [-0.2, -0.15) is 0 Å². The van der Waals surface area contributed by atoms with Gasteiger partial charge >= 0.3 is 0 Å². The number of halogens is 1. The van der Waals surface area contributed by atoms with Crippen LogP contribution in [0.3, 0.4) is 0 Å². The predicted molar refractivity (Wildman–Crippen MR) is 48.8 cm³/mol. The van der Waals surface area contributed by atoms with Crippen LogP contribution in [0.2, 0.25) is 0 Å². The van der Waals surface area contributed by atoms with Gasteiger partial charge in [0.1, 0.15) is 5.82 Å². The summed E-state index contributed by atoms with van der Waals surface area (Å²) in [5.74, 6) is -1.07. The van der Waals surface area contributed by atoms with Crippen molar-refractivity contribution in [3.63, 3.8) is 0 Å². The summed E-state index contributed by atoms with van der Waals surface area (Å²) in [6.07, 6.45) is 0. The second kappa shape index (κ2) is 3.89. The average Bonchev–Trinajstić information content (AvgIpc) is 2.04. The first-order valence-electron chi connectivity index (χ1n) is 3.99. The predicted octanol–water partition coefficient (Wildman–Crippen LogP) is 1.16. The number of rotatable bonds is 2. The van der Waals surface area contributed by atoms with E-state index in [9.17, 15) is 9.18 Å². The lowest BCUT2D eigenvalue weighted by molar-refractivity contribution is 0.0953. The molecule has 1 rings (SSSR count). The molecule has 13 heavy (non-hydrogen) atoms. The van der Waals surface area contributed by atoms with Crippen LogP contribution in [0.1, 0.15) is 17.3 Å². The highest BCUT2D eigenvalue weighted by Gasteiger charge is 2.13. The second-order valence-corrected chi connectivity index (χ2v) is 2.56.